The van der Waals surface area contributed by atoms with Gasteiger partial charge < -0.3 is 5.32 Å². The summed E-state index contributed by atoms with van der Waals surface area (Å²) in [4.78, 5) is 21.4. The number of thioether (sulfide) groups is 1. The molecule has 0 saturated heterocycles. The molecule has 1 aliphatic rings. The highest BCUT2D eigenvalue weighted by Crippen LogP contribution is 2.24. The Morgan fingerprint density at radius 1 is 1.18 bits per heavy atom. The molecule has 2 aromatic heterocycles. The summed E-state index contributed by atoms with van der Waals surface area (Å²) >= 11 is 1.46. The first kappa shape index (κ1) is 18.6. The van der Waals surface area contributed by atoms with E-state index in [2.05, 4.69) is 25.6 Å². The number of benzene rings is 1. The Morgan fingerprint density at radius 3 is 2.61 bits per heavy atom. The van der Waals surface area contributed by atoms with Gasteiger partial charge in [-0.1, -0.05) is 47.5 Å². The lowest BCUT2D eigenvalue weighted by atomic mass is 10.2. The first-order valence-corrected chi connectivity index (χ1v) is 10.4. The Bertz CT molecular complexity index is 935. The number of aromatic nitrogens is 5. The second kappa shape index (κ2) is 8.52. The molecule has 4 rings (SSSR count). The van der Waals surface area contributed by atoms with Crippen LogP contribution in [0.4, 0.5) is 0 Å². The van der Waals surface area contributed by atoms with Crippen LogP contribution in [0, 0.1) is 6.92 Å². The van der Waals surface area contributed by atoms with E-state index >= 15 is 0 Å². The fourth-order valence-electron chi connectivity index (χ4n) is 3.32. The van der Waals surface area contributed by atoms with Gasteiger partial charge in [0.2, 0.25) is 0 Å². The standard InChI is InChI=1S/C20H22N6OS/c1-14-7-9-16(10-8-14)26-17(13-28-20-21-11-4-12-22-20)18(24-25-26)19(27)23-15-5-2-3-6-15/h4,7-12,15H,2-3,5-6,13H2,1H3,(H,23,27). The molecule has 1 amide bonds. The third-order valence-corrected chi connectivity index (χ3v) is 5.71. The molecule has 1 aliphatic carbocycles. The molecule has 1 N–H and O–H groups in total. The Labute approximate surface area is 168 Å². The first-order valence-electron chi connectivity index (χ1n) is 9.43. The lowest BCUT2D eigenvalue weighted by Gasteiger charge is -2.12. The minimum absolute atomic E-state index is 0.158. The van der Waals surface area contributed by atoms with Crippen molar-refractivity contribution >= 4 is 17.7 Å². The summed E-state index contributed by atoms with van der Waals surface area (Å²) in [6.45, 7) is 2.04. The quantitative estimate of drug-likeness (QED) is 0.510. The van der Waals surface area contributed by atoms with Crippen molar-refractivity contribution in [3.05, 3.63) is 59.7 Å². The van der Waals surface area contributed by atoms with E-state index in [1.54, 1.807) is 23.1 Å². The molecule has 0 atom stereocenters. The van der Waals surface area contributed by atoms with Gasteiger partial charge in [-0.05, 0) is 38.0 Å². The van der Waals surface area contributed by atoms with Gasteiger partial charge >= 0.3 is 0 Å². The monoisotopic (exact) mass is 394 g/mol. The lowest BCUT2D eigenvalue weighted by Crippen LogP contribution is -2.33. The van der Waals surface area contributed by atoms with Gasteiger partial charge in [0.1, 0.15) is 0 Å². The molecule has 0 aliphatic heterocycles. The summed E-state index contributed by atoms with van der Waals surface area (Å²) < 4.78 is 1.74. The number of amides is 1. The number of hydrogen-bond donors (Lipinski definition) is 1. The van der Waals surface area contributed by atoms with Crippen molar-refractivity contribution in [3.8, 4) is 5.69 Å². The molecule has 1 aromatic carbocycles. The topological polar surface area (TPSA) is 85.6 Å². The van der Waals surface area contributed by atoms with Gasteiger partial charge in [-0.2, -0.15) is 0 Å². The van der Waals surface area contributed by atoms with Crippen LogP contribution < -0.4 is 5.32 Å². The Balaban J connectivity index is 1.62. The van der Waals surface area contributed by atoms with Crippen LogP contribution in [-0.4, -0.2) is 36.9 Å². The Kier molecular flexibility index (Phi) is 5.66. The van der Waals surface area contributed by atoms with Crippen LogP contribution in [0.1, 0.15) is 47.4 Å². The molecule has 8 heteroatoms. The van der Waals surface area contributed by atoms with Crippen molar-refractivity contribution in [2.24, 2.45) is 0 Å². The Morgan fingerprint density at radius 2 is 1.89 bits per heavy atom. The molecular weight excluding hydrogens is 372 g/mol. The van der Waals surface area contributed by atoms with Gasteiger partial charge in [0, 0.05) is 24.2 Å². The minimum atomic E-state index is -0.158. The van der Waals surface area contributed by atoms with Crippen LogP contribution in [0.15, 0.2) is 47.9 Å². The zero-order chi connectivity index (χ0) is 19.3. The van der Waals surface area contributed by atoms with Gasteiger partial charge in [-0.25, -0.2) is 14.6 Å². The molecule has 1 saturated carbocycles. The predicted octanol–water partition coefficient (Wildman–Crippen LogP) is 3.33. The smallest absolute Gasteiger partial charge is 0.274 e. The number of nitrogens with zero attached hydrogens (tertiary/aromatic N) is 5. The average Bonchev–Trinajstić information content (AvgIpc) is 3.37. The molecule has 0 bridgehead atoms. The van der Waals surface area contributed by atoms with E-state index < -0.39 is 0 Å². The van der Waals surface area contributed by atoms with Crippen LogP contribution in [0.3, 0.4) is 0 Å². The molecule has 144 valence electrons. The highest BCUT2D eigenvalue weighted by atomic mass is 32.2. The molecule has 0 spiro atoms. The van der Waals surface area contributed by atoms with E-state index in [1.807, 2.05) is 31.2 Å². The van der Waals surface area contributed by atoms with Gasteiger partial charge in [0.25, 0.3) is 5.91 Å². The zero-order valence-corrected chi connectivity index (χ0v) is 16.5. The van der Waals surface area contributed by atoms with Crippen molar-refractivity contribution < 1.29 is 4.79 Å². The van der Waals surface area contributed by atoms with E-state index in [0.29, 0.717) is 16.6 Å². The van der Waals surface area contributed by atoms with E-state index in [1.165, 1.54) is 11.8 Å². The summed E-state index contributed by atoms with van der Waals surface area (Å²) in [5, 5.41) is 12.3. The van der Waals surface area contributed by atoms with Gasteiger partial charge in [0.15, 0.2) is 10.9 Å². The van der Waals surface area contributed by atoms with Crippen LogP contribution in [0.5, 0.6) is 0 Å². The molecule has 28 heavy (non-hydrogen) atoms. The summed E-state index contributed by atoms with van der Waals surface area (Å²) in [7, 11) is 0. The molecule has 3 aromatic rings. The van der Waals surface area contributed by atoms with Crippen LogP contribution >= 0.6 is 11.8 Å². The number of nitrogens with one attached hydrogen (secondary N) is 1. The van der Waals surface area contributed by atoms with Crippen molar-refractivity contribution in [3.63, 3.8) is 0 Å². The largest absolute Gasteiger partial charge is 0.348 e. The molecular formula is C20H22N6OS. The first-order chi connectivity index (χ1) is 13.7. The van der Waals surface area contributed by atoms with E-state index in [9.17, 15) is 4.79 Å². The summed E-state index contributed by atoms with van der Waals surface area (Å²) in [5.41, 5.74) is 3.16. The molecule has 0 radical (unpaired) electrons. The van der Waals surface area contributed by atoms with Gasteiger partial charge in [-0.3, -0.25) is 4.79 Å². The van der Waals surface area contributed by atoms with Crippen molar-refractivity contribution in [2.75, 3.05) is 0 Å². The van der Waals surface area contributed by atoms with E-state index in [0.717, 1.165) is 42.6 Å². The predicted molar refractivity (Wildman–Crippen MR) is 107 cm³/mol. The molecule has 0 unspecified atom stereocenters. The number of carbonyl (C=O) groups is 1. The van der Waals surface area contributed by atoms with Crippen molar-refractivity contribution in [1.82, 2.24) is 30.3 Å². The fourth-order valence-corrected chi connectivity index (χ4v) is 4.11. The normalized spacial score (nSPS) is 14.3. The van der Waals surface area contributed by atoms with E-state index in [4.69, 9.17) is 0 Å². The van der Waals surface area contributed by atoms with Crippen LogP contribution in [-0.2, 0) is 5.75 Å². The maximum absolute atomic E-state index is 12.9. The lowest BCUT2D eigenvalue weighted by molar-refractivity contribution is 0.0932. The highest BCUT2D eigenvalue weighted by Gasteiger charge is 2.24. The summed E-state index contributed by atoms with van der Waals surface area (Å²) in [6.07, 6.45) is 7.79. The minimum Gasteiger partial charge on any atom is -0.348 e. The molecule has 1 fully saturated rings. The number of aryl methyl sites for hydroxylation is 1. The summed E-state index contributed by atoms with van der Waals surface area (Å²) in [5.74, 6) is 0.341. The number of hydrogen-bond acceptors (Lipinski definition) is 6. The Hall–Kier alpha value is -2.74. The summed E-state index contributed by atoms with van der Waals surface area (Å²) in [6, 6.07) is 10.0. The van der Waals surface area contributed by atoms with E-state index in [-0.39, 0.29) is 11.9 Å². The SMILES string of the molecule is Cc1ccc(-n2nnc(C(=O)NC3CCCC3)c2CSc2ncccn2)cc1. The molecule has 2 heterocycles. The third kappa shape index (κ3) is 4.22. The maximum atomic E-state index is 12.9. The maximum Gasteiger partial charge on any atom is 0.274 e. The molecule has 7 nitrogen and oxygen atoms in total. The second-order valence-corrected chi connectivity index (χ2v) is 7.85. The van der Waals surface area contributed by atoms with Crippen LogP contribution in [0.2, 0.25) is 0 Å². The number of rotatable bonds is 6. The van der Waals surface area contributed by atoms with Gasteiger partial charge in [0.05, 0.1) is 11.4 Å². The highest BCUT2D eigenvalue weighted by molar-refractivity contribution is 7.98. The van der Waals surface area contributed by atoms with Crippen molar-refractivity contribution in [1.29, 1.82) is 0 Å². The zero-order valence-electron chi connectivity index (χ0n) is 15.7. The number of carbonyl (C=O) groups excluding carboxylic acids is 1. The van der Waals surface area contributed by atoms with Crippen LogP contribution in [0.25, 0.3) is 5.69 Å². The van der Waals surface area contributed by atoms with Gasteiger partial charge in [-0.15, -0.1) is 5.10 Å². The van der Waals surface area contributed by atoms with Crippen molar-refractivity contribution in [2.45, 2.75) is 49.6 Å². The second-order valence-electron chi connectivity index (χ2n) is 6.91. The third-order valence-electron chi connectivity index (χ3n) is 4.83. The fraction of sp³-hybridized carbons (Fsp3) is 0.350. The average molecular weight is 395 g/mol.